The fourth-order valence-electron chi connectivity index (χ4n) is 4.48. The zero-order valence-corrected chi connectivity index (χ0v) is 19.1. The fraction of sp³-hybridized carbons (Fsp3) is 0.292. The molecular weight excluding hydrogens is 438 g/mol. The summed E-state index contributed by atoms with van der Waals surface area (Å²) in [6.07, 6.45) is 4.54. The van der Waals surface area contributed by atoms with Crippen molar-refractivity contribution in [3.05, 3.63) is 65.4 Å². The van der Waals surface area contributed by atoms with Gasteiger partial charge in [-0.3, -0.25) is 9.78 Å². The normalized spacial score (nSPS) is 20.1. The zero-order valence-electron chi connectivity index (χ0n) is 18.3. The highest BCUT2D eigenvalue weighted by Crippen LogP contribution is 2.31. The Bertz CT molecular complexity index is 1250. The number of piperidine rings is 1. The predicted octanol–water partition coefficient (Wildman–Crippen LogP) is 3.33. The number of pyridine rings is 1. The lowest BCUT2D eigenvalue weighted by molar-refractivity contribution is 0.0530. The van der Waals surface area contributed by atoms with Gasteiger partial charge in [-0.2, -0.15) is 4.72 Å². The molecular formula is C24H25N5O3S. The second-order valence-corrected chi connectivity index (χ2v) is 9.23. The summed E-state index contributed by atoms with van der Waals surface area (Å²) in [6, 6.07) is 13.1. The molecule has 3 aromatic rings. The van der Waals surface area contributed by atoms with E-state index in [9.17, 15) is 9.35 Å². The summed E-state index contributed by atoms with van der Waals surface area (Å²) in [6.45, 7) is 3.03. The number of fused-ring (bicyclic) bond motifs is 2. The van der Waals surface area contributed by atoms with E-state index in [2.05, 4.69) is 14.1 Å². The van der Waals surface area contributed by atoms with E-state index in [0.717, 1.165) is 35.7 Å². The lowest BCUT2D eigenvalue weighted by Crippen LogP contribution is -2.46. The molecule has 5 rings (SSSR count). The third-order valence-corrected chi connectivity index (χ3v) is 6.86. The first-order chi connectivity index (χ1) is 16.0. The molecule has 0 aliphatic carbocycles. The molecule has 2 aliphatic heterocycles. The summed E-state index contributed by atoms with van der Waals surface area (Å²) < 4.78 is 24.6. The standard InChI is InChI=1S/C24H25N5O3S/c1-15-8-9-19-18(13-15)17(10-11-26-19)24(30)29-12-3-2-5-16(29)14-32-21-7-4-6-20-22(21)23(25)28-33(31)27-20/h4,6-11,13,16,27H,2-3,5,12,14H2,1H3,(H2,25,28). The van der Waals surface area contributed by atoms with Crippen LogP contribution in [-0.2, 0) is 11.5 Å². The van der Waals surface area contributed by atoms with E-state index in [1.807, 2.05) is 42.2 Å². The Balaban J connectivity index is 1.39. The number of hydrogen-bond donors (Lipinski definition) is 2. The monoisotopic (exact) mass is 463 g/mol. The number of aryl methyl sites for hydroxylation is 1. The summed E-state index contributed by atoms with van der Waals surface area (Å²) in [5, 5.41) is 0.868. The largest absolute Gasteiger partial charge is 0.566 e. The highest BCUT2D eigenvalue weighted by Gasteiger charge is 2.30. The Kier molecular flexibility index (Phi) is 5.82. The molecule has 1 aromatic heterocycles. The highest BCUT2D eigenvalue weighted by atomic mass is 32.2. The average Bonchev–Trinajstić information content (AvgIpc) is 2.81. The van der Waals surface area contributed by atoms with Crippen molar-refractivity contribution in [2.75, 3.05) is 17.9 Å². The third kappa shape index (κ3) is 4.21. The lowest BCUT2D eigenvalue weighted by Gasteiger charge is -2.36. The van der Waals surface area contributed by atoms with Gasteiger partial charge in [0, 0.05) is 18.1 Å². The topological polar surface area (TPSA) is 116 Å². The molecule has 8 nitrogen and oxygen atoms in total. The molecule has 3 N–H and O–H groups in total. The molecule has 0 spiro atoms. The number of carbonyl (C=O) groups is 1. The maximum absolute atomic E-state index is 13.6. The number of anilines is 1. The molecule has 0 radical (unpaired) electrons. The molecule has 9 heteroatoms. The number of amides is 1. The molecule has 2 aromatic carbocycles. The second-order valence-electron chi connectivity index (χ2n) is 8.34. The van der Waals surface area contributed by atoms with Crippen molar-refractivity contribution in [1.29, 1.82) is 0 Å². The first-order valence-corrected chi connectivity index (χ1v) is 12.1. The summed E-state index contributed by atoms with van der Waals surface area (Å²) in [4.78, 5) is 20.0. The predicted molar refractivity (Wildman–Crippen MR) is 130 cm³/mol. The Hall–Kier alpha value is -3.30. The van der Waals surface area contributed by atoms with Gasteiger partial charge in [0.2, 0.25) is 11.5 Å². The minimum absolute atomic E-state index is 0.00506. The SMILES string of the molecule is Cc1ccc2nccc(C(=O)N3CCCCC3COc3cccc4c3C(N)=N[S+]([O-])N4)c2c1. The van der Waals surface area contributed by atoms with Crippen LogP contribution in [0.2, 0.25) is 0 Å². The van der Waals surface area contributed by atoms with Gasteiger partial charge in [-0.25, -0.2) is 0 Å². The Morgan fingerprint density at radius 1 is 1.30 bits per heavy atom. The van der Waals surface area contributed by atoms with Crippen molar-refractivity contribution < 1.29 is 14.1 Å². The lowest BCUT2D eigenvalue weighted by atomic mass is 9.99. The van der Waals surface area contributed by atoms with Crippen molar-refractivity contribution in [2.45, 2.75) is 32.2 Å². The van der Waals surface area contributed by atoms with Crippen LogP contribution >= 0.6 is 0 Å². The van der Waals surface area contributed by atoms with Gasteiger partial charge in [0.25, 0.3) is 5.91 Å². The van der Waals surface area contributed by atoms with Crippen LogP contribution in [0.4, 0.5) is 5.69 Å². The van der Waals surface area contributed by atoms with Gasteiger partial charge < -0.3 is 19.9 Å². The first-order valence-electron chi connectivity index (χ1n) is 11.0. The van der Waals surface area contributed by atoms with Gasteiger partial charge in [-0.1, -0.05) is 17.7 Å². The molecule has 170 valence electrons. The molecule has 1 saturated heterocycles. The fourth-order valence-corrected chi connectivity index (χ4v) is 5.15. The van der Waals surface area contributed by atoms with Crippen LogP contribution in [-0.4, -0.2) is 45.4 Å². The number of rotatable bonds is 4. The molecule has 2 aliphatic rings. The van der Waals surface area contributed by atoms with Crippen molar-refractivity contribution >= 4 is 39.9 Å². The van der Waals surface area contributed by atoms with Gasteiger partial charge in [0.1, 0.15) is 12.4 Å². The summed E-state index contributed by atoms with van der Waals surface area (Å²) in [7, 11) is 0. The van der Waals surface area contributed by atoms with Crippen LogP contribution < -0.4 is 15.2 Å². The Labute approximate surface area is 195 Å². The third-order valence-electron chi connectivity index (χ3n) is 6.11. The number of nitrogens with zero attached hydrogens (tertiary/aromatic N) is 3. The minimum atomic E-state index is -1.60. The summed E-state index contributed by atoms with van der Waals surface area (Å²) in [5.41, 5.74) is 9.81. The zero-order chi connectivity index (χ0) is 22.9. The molecule has 0 saturated carbocycles. The smallest absolute Gasteiger partial charge is 0.254 e. The van der Waals surface area contributed by atoms with E-state index in [-0.39, 0.29) is 17.8 Å². The van der Waals surface area contributed by atoms with Crippen LogP contribution in [0, 0.1) is 6.92 Å². The number of ether oxygens (including phenoxy) is 1. The molecule has 1 amide bonds. The van der Waals surface area contributed by atoms with Crippen LogP contribution in [0.1, 0.15) is 40.7 Å². The molecule has 3 heterocycles. The number of likely N-dealkylation sites (tertiary alicyclic amines) is 1. The van der Waals surface area contributed by atoms with Gasteiger partial charge in [-0.15, -0.1) is 0 Å². The minimum Gasteiger partial charge on any atom is -0.566 e. The number of nitrogens with one attached hydrogen (secondary N) is 1. The van der Waals surface area contributed by atoms with Gasteiger partial charge in [0.15, 0.2) is 5.84 Å². The Morgan fingerprint density at radius 3 is 3.06 bits per heavy atom. The van der Waals surface area contributed by atoms with E-state index in [1.54, 1.807) is 18.3 Å². The van der Waals surface area contributed by atoms with E-state index < -0.39 is 11.5 Å². The van der Waals surface area contributed by atoms with Crippen LogP contribution in [0.15, 0.2) is 53.1 Å². The molecule has 0 bridgehead atoms. The van der Waals surface area contributed by atoms with E-state index >= 15 is 0 Å². The van der Waals surface area contributed by atoms with Gasteiger partial charge in [-0.05, 0) is 60.9 Å². The average molecular weight is 464 g/mol. The first kappa shape index (κ1) is 21.5. The van der Waals surface area contributed by atoms with Crippen molar-refractivity contribution in [3.8, 4) is 5.75 Å². The number of aromatic nitrogens is 1. The van der Waals surface area contributed by atoms with E-state index in [0.29, 0.717) is 35.7 Å². The summed E-state index contributed by atoms with van der Waals surface area (Å²) >= 11 is -1.60. The van der Waals surface area contributed by atoms with Crippen molar-refractivity contribution in [3.63, 3.8) is 0 Å². The maximum atomic E-state index is 13.6. The quantitative estimate of drug-likeness (QED) is 0.574. The molecule has 1 fully saturated rings. The number of nitrogens with two attached hydrogens (primary N) is 1. The van der Waals surface area contributed by atoms with Crippen molar-refractivity contribution in [1.82, 2.24) is 9.88 Å². The van der Waals surface area contributed by atoms with Gasteiger partial charge >= 0.3 is 0 Å². The van der Waals surface area contributed by atoms with Crippen molar-refractivity contribution in [2.24, 2.45) is 10.1 Å². The molecule has 2 unspecified atom stereocenters. The highest BCUT2D eigenvalue weighted by molar-refractivity contribution is 7.91. The molecule has 2 atom stereocenters. The van der Waals surface area contributed by atoms with Crippen LogP contribution in [0.5, 0.6) is 5.75 Å². The van der Waals surface area contributed by atoms with Gasteiger partial charge in [0.05, 0.1) is 28.4 Å². The number of hydrogen-bond acceptors (Lipinski definition) is 7. The summed E-state index contributed by atoms with van der Waals surface area (Å²) in [5.74, 6) is 0.725. The number of carbonyl (C=O) groups excluding carboxylic acids is 1. The molecule has 33 heavy (non-hydrogen) atoms. The van der Waals surface area contributed by atoms with Crippen LogP contribution in [0.3, 0.4) is 0 Å². The Morgan fingerprint density at radius 2 is 2.18 bits per heavy atom. The second kappa shape index (κ2) is 8.92. The number of benzene rings is 2. The maximum Gasteiger partial charge on any atom is 0.254 e. The van der Waals surface area contributed by atoms with E-state index in [4.69, 9.17) is 10.5 Å². The van der Waals surface area contributed by atoms with Crippen LogP contribution in [0.25, 0.3) is 10.9 Å². The number of amidine groups is 1. The van der Waals surface area contributed by atoms with E-state index in [1.165, 1.54) is 0 Å².